The number of carbonyl (C=O) groups excluding carboxylic acids is 1. The minimum Gasteiger partial charge on any atom is -0.467 e. The number of nitrogens with one attached hydrogen (secondary N) is 3. The Morgan fingerprint density at radius 2 is 1.93 bits per heavy atom. The second kappa shape index (κ2) is 14.8. The fourth-order valence-corrected chi connectivity index (χ4v) is 2.44. The number of benzene rings is 1. The van der Waals surface area contributed by atoms with Crippen molar-refractivity contribution in [1.29, 1.82) is 0 Å². The highest BCUT2D eigenvalue weighted by molar-refractivity contribution is 14.0. The molecule has 2 aromatic rings. The molecule has 0 fully saturated rings. The smallest absolute Gasteiger partial charge is 0.226 e. The van der Waals surface area contributed by atoms with Crippen LogP contribution in [0.1, 0.15) is 38.5 Å². The lowest BCUT2D eigenvalue weighted by Gasteiger charge is -2.11. The number of halogens is 1. The monoisotopic (exact) mass is 528 g/mol. The molecule has 2 rings (SSSR count). The van der Waals surface area contributed by atoms with Gasteiger partial charge < -0.3 is 25.1 Å². The third-order valence-corrected chi connectivity index (χ3v) is 4.09. The van der Waals surface area contributed by atoms with E-state index in [1.54, 1.807) is 6.26 Å². The number of hydrogen-bond donors (Lipinski definition) is 3. The van der Waals surface area contributed by atoms with Gasteiger partial charge in [0.1, 0.15) is 12.4 Å². The maximum absolute atomic E-state index is 11.7. The number of furan rings is 1. The summed E-state index contributed by atoms with van der Waals surface area (Å²) in [6.45, 7) is 9.05. The van der Waals surface area contributed by atoms with Gasteiger partial charge in [0.2, 0.25) is 5.91 Å². The second-order valence-electron chi connectivity index (χ2n) is 6.95. The van der Waals surface area contributed by atoms with Crippen molar-refractivity contribution in [2.24, 2.45) is 10.9 Å². The van der Waals surface area contributed by atoms with Gasteiger partial charge in [-0.25, -0.2) is 4.99 Å². The summed E-state index contributed by atoms with van der Waals surface area (Å²) in [6.07, 6.45) is 2.52. The van der Waals surface area contributed by atoms with Crippen molar-refractivity contribution in [3.05, 3.63) is 54.0 Å². The number of anilines is 1. The fraction of sp³-hybridized carbons (Fsp3) is 0.455. The number of aliphatic imine (C=N–C) groups is 1. The zero-order chi connectivity index (χ0) is 20.9. The average Bonchev–Trinajstić information content (AvgIpc) is 3.23. The molecular weight excluding hydrogens is 495 g/mol. The summed E-state index contributed by atoms with van der Waals surface area (Å²) in [5.41, 5.74) is 1.88. The number of nitrogens with zero attached hydrogens (tertiary/aromatic N) is 1. The van der Waals surface area contributed by atoms with Crippen LogP contribution in [0.2, 0.25) is 0 Å². The molecule has 0 spiro atoms. The van der Waals surface area contributed by atoms with E-state index in [0.717, 1.165) is 42.5 Å². The molecule has 8 heteroatoms. The van der Waals surface area contributed by atoms with Crippen LogP contribution in [0, 0.1) is 5.92 Å². The molecule has 0 saturated heterocycles. The first-order valence-electron chi connectivity index (χ1n) is 10.1. The predicted molar refractivity (Wildman–Crippen MR) is 131 cm³/mol. The third kappa shape index (κ3) is 10.1. The standard InChI is InChI=1S/C22H32N4O3.HI/c1-4-23-22(24-12-6-13-28-16-20-7-5-14-29-20)25-15-18-8-10-19(11-9-18)26-21(27)17(2)3;/h5,7-11,14,17H,4,6,12-13,15-16H2,1-3H3,(H,26,27)(H2,23,24,25);1H. The molecule has 0 aliphatic rings. The van der Waals surface area contributed by atoms with Gasteiger partial charge in [0.15, 0.2) is 5.96 Å². The largest absolute Gasteiger partial charge is 0.467 e. The first-order chi connectivity index (χ1) is 14.1. The SMILES string of the molecule is CCNC(=NCc1ccc(NC(=O)C(C)C)cc1)NCCCOCc1ccco1.I. The number of guanidine groups is 1. The third-order valence-electron chi connectivity index (χ3n) is 4.09. The van der Waals surface area contributed by atoms with E-state index in [9.17, 15) is 4.79 Å². The highest BCUT2D eigenvalue weighted by Crippen LogP contribution is 2.11. The molecule has 0 aliphatic carbocycles. The van der Waals surface area contributed by atoms with E-state index in [0.29, 0.717) is 19.8 Å². The second-order valence-corrected chi connectivity index (χ2v) is 6.95. The summed E-state index contributed by atoms with van der Waals surface area (Å²) in [4.78, 5) is 16.4. The zero-order valence-corrected chi connectivity index (χ0v) is 20.3. The van der Waals surface area contributed by atoms with Crippen molar-refractivity contribution < 1.29 is 13.9 Å². The Hall–Kier alpha value is -2.07. The molecule has 0 unspecified atom stereocenters. The zero-order valence-electron chi connectivity index (χ0n) is 17.9. The van der Waals surface area contributed by atoms with Gasteiger partial charge in [-0.15, -0.1) is 24.0 Å². The Morgan fingerprint density at radius 3 is 2.57 bits per heavy atom. The molecule has 0 saturated carbocycles. The van der Waals surface area contributed by atoms with E-state index in [2.05, 4.69) is 20.9 Å². The molecule has 1 aromatic heterocycles. The average molecular weight is 528 g/mol. The van der Waals surface area contributed by atoms with E-state index in [1.807, 2.05) is 57.2 Å². The van der Waals surface area contributed by atoms with Crippen LogP contribution >= 0.6 is 24.0 Å². The van der Waals surface area contributed by atoms with E-state index in [-0.39, 0.29) is 35.8 Å². The molecule has 1 aromatic carbocycles. The quantitative estimate of drug-likeness (QED) is 0.177. The van der Waals surface area contributed by atoms with Crippen molar-refractivity contribution in [2.45, 2.75) is 40.3 Å². The summed E-state index contributed by atoms with van der Waals surface area (Å²) in [5, 5.41) is 9.45. The van der Waals surface area contributed by atoms with Gasteiger partial charge in [-0.2, -0.15) is 0 Å². The van der Waals surface area contributed by atoms with Crippen molar-refractivity contribution in [3.8, 4) is 0 Å². The Morgan fingerprint density at radius 1 is 1.17 bits per heavy atom. The lowest BCUT2D eigenvalue weighted by Crippen LogP contribution is -2.38. The summed E-state index contributed by atoms with van der Waals surface area (Å²) in [6, 6.07) is 11.5. The van der Waals surface area contributed by atoms with Gasteiger partial charge in [0.25, 0.3) is 0 Å². The van der Waals surface area contributed by atoms with Crippen LogP contribution < -0.4 is 16.0 Å². The minimum atomic E-state index is -0.0384. The van der Waals surface area contributed by atoms with Crippen molar-refractivity contribution in [2.75, 3.05) is 25.0 Å². The lowest BCUT2D eigenvalue weighted by molar-refractivity contribution is -0.118. The first-order valence-corrected chi connectivity index (χ1v) is 10.1. The molecule has 0 atom stereocenters. The first kappa shape index (κ1) is 26.0. The number of carbonyl (C=O) groups is 1. The minimum absolute atomic E-state index is 0. The maximum atomic E-state index is 11.7. The van der Waals surface area contributed by atoms with E-state index in [1.165, 1.54) is 0 Å². The summed E-state index contributed by atoms with van der Waals surface area (Å²) >= 11 is 0. The van der Waals surface area contributed by atoms with Crippen molar-refractivity contribution in [3.63, 3.8) is 0 Å². The van der Waals surface area contributed by atoms with Gasteiger partial charge in [0.05, 0.1) is 12.8 Å². The molecule has 166 valence electrons. The molecule has 1 amide bonds. The fourth-order valence-electron chi connectivity index (χ4n) is 2.44. The van der Waals surface area contributed by atoms with Crippen LogP contribution in [0.25, 0.3) is 0 Å². The van der Waals surface area contributed by atoms with Crippen molar-refractivity contribution >= 4 is 41.5 Å². The van der Waals surface area contributed by atoms with Gasteiger partial charge in [0, 0.05) is 31.3 Å². The van der Waals surface area contributed by atoms with E-state index < -0.39 is 0 Å². The van der Waals surface area contributed by atoms with Crippen molar-refractivity contribution in [1.82, 2.24) is 10.6 Å². The summed E-state index contributed by atoms with van der Waals surface area (Å²) in [7, 11) is 0. The maximum Gasteiger partial charge on any atom is 0.226 e. The molecule has 0 aliphatic heterocycles. The topological polar surface area (TPSA) is 87.9 Å². The number of hydrogen-bond acceptors (Lipinski definition) is 4. The molecule has 0 radical (unpaired) electrons. The Kier molecular flexibility index (Phi) is 12.8. The van der Waals surface area contributed by atoms with Gasteiger partial charge in [-0.05, 0) is 43.2 Å². The van der Waals surface area contributed by atoms with Crippen LogP contribution in [-0.2, 0) is 22.7 Å². The Balaban J connectivity index is 0.00000450. The predicted octanol–water partition coefficient (Wildman–Crippen LogP) is 4.15. The molecular formula is C22H33IN4O3. The highest BCUT2D eigenvalue weighted by Gasteiger charge is 2.06. The lowest BCUT2D eigenvalue weighted by atomic mass is 10.2. The number of amides is 1. The van der Waals surface area contributed by atoms with Crippen LogP contribution in [0.15, 0.2) is 52.1 Å². The molecule has 0 bridgehead atoms. The summed E-state index contributed by atoms with van der Waals surface area (Å²) in [5.74, 6) is 1.59. The van der Waals surface area contributed by atoms with Crippen LogP contribution in [0.5, 0.6) is 0 Å². The van der Waals surface area contributed by atoms with Crippen LogP contribution in [0.4, 0.5) is 5.69 Å². The van der Waals surface area contributed by atoms with Crippen LogP contribution in [-0.4, -0.2) is 31.6 Å². The molecule has 1 heterocycles. The molecule has 3 N–H and O–H groups in total. The number of rotatable bonds is 11. The van der Waals surface area contributed by atoms with Gasteiger partial charge >= 0.3 is 0 Å². The van der Waals surface area contributed by atoms with E-state index >= 15 is 0 Å². The molecule has 7 nitrogen and oxygen atoms in total. The normalized spacial score (nSPS) is 11.1. The van der Waals surface area contributed by atoms with Gasteiger partial charge in [-0.3, -0.25) is 4.79 Å². The van der Waals surface area contributed by atoms with Crippen LogP contribution in [0.3, 0.4) is 0 Å². The number of ether oxygens (including phenoxy) is 1. The van der Waals surface area contributed by atoms with Gasteiger partial charge in [-0.1, -0.05) is 26.0 Å². The Labute approximate surface area is 196 Å². The summed E-state index contributed by atoms with van der Waals surface area (Å²) < 4.78 is 10.8. The van der Waals surface area contributed by atoms with E-state index in [4.69, 9.17) is 9.15 Å². The Bertz CT molecular complexity index is 746. The highest BCUT2D eigenvalue weighted by atomic mass is 127. The molecule has 30 heavy (non-hydrogen) atoms.